The summed E-state index contributed by atoms with van der Waals surface area (Å²) in [6.45, 7) is 4.71. The van der Waals surface area contributed by atoms with E-state index < -0.39 is 0 Å². The molecule has 1 atom stereocenters. The van der Waals surface area contributed by atoms with Gasteiger partial charge in [-0.3, -0.25) is 4.79 Å². The van der Waals surface area contributed by atoms with Crippen molar-refractivity contribution in [2.24, 2.45) is 5.73 Å². The van der Waals surface area contributed by atoms with E-state index in [-0.39, 0.29) is 11.9 Å². The van der Waals surface area contributed by atoms with E-state index in [2.05, 4.69) is 18.3 Å². The Labute approximate surface area is 96.0 Å². The van der Waals surface area contributed by atoms with Gasteiger partial charge in [0, 0.05) is 11.6 Å². The zero-order valence-corrected chi connectivity index (χ0v) is 9.84. The van der Waals surface area contributed by atoms with Crippen molar-refractivity contribution in [1.29, 1.82) is 0 Å². The Morgan fingerprint density at radius 3 is 2.88 bits per heavy atom. The summed E-state index contributed by atoms with van der Waals surface area (Å²) in [6.07, 6.45) is 1.75. The molecule has 1 unspecified atom stereocenters. The molecule has 3 heteroatoms. The van der Waals surface area contributed by atoms with E-state index in [1.807, 2.05) is 13.0 Å². The summed E-state index contributed by atoms with van der Waals surface area (Å²) in [5.41, 5.74) is 9.92. The maximum absolute atomic E-state index is 11.9. The molecule has 1 aliphatic rings. The van der Waals surface area contributed by atoms with Crippen molar-refractivity contribution in [3.05, 3.63) is 34.4 Å². The first-order chi connectivity index (χ1) is 7.61. The van der Waals surface area contributed by atoms with Gasteiger partial charge in [-0.05, 0) is 50.4 Å². The van der Waals surface area contributed by atoms with Crippen LogP contribution in [0.1, 0.15) is 33.5 Å². The van der Waals surface area contributed by atoms with E-state index in [9.17, 15) is 4.79 Å². The normalized spacial score (nSPS) is 19.2. The Morgan fingerprint density at radius 1 is 1.44 bits per heavy atom. The average Bonchev–Trinajstić information content (AvgIpc) is 2.20. The molecule has 0 radical (unpaired) electrons. The first-order valence-electron chi connectivity index (χ1n) is 5.73. The molecule has 0 saturated heterocycles. The molecular weight excluding hydrogens is 200 g/mol. The fraction of sp³-hybridized carbons (Fsp3) is 0.462. The molecule has 1 amide bonds. The number of aryl methyl sites for hydroxylation is 2. The lowest BCUT2D eigenvalue weighted by Gasteiger charge is -2.27. The Balaban J connectivity index is 2.38. The third-order valence-electron chi connectivity index (χ3n) is 3.16. The van der Waals surface area contributed by atoms with E-state index in [1.54, 1.807) is 0 Å². The first kappa shape index (κ1) is 11.1. The van der Waals surface area contributed by atoms with Crippen molar-refractivity contribution in [1.82, 2.24) is 5.32 Å². The molecule has 0 bridgehead atoms. The van der Waals surface area contributed by atoms with E-state index in [1.165, 1.54) is 11.1 Å². The smallest absolute Gasteiger partial charge is 0.251 e. The van der Waals surface area contributed by atoms with Crippen LogP contribution in [0.2, 0.25) is 0 Å². The van der Waals surface area contributed by atoms with E-state index in [0.29, 0.717) is 6.54 Å². The number of carbonyl (C=O) groups excluding carboxylic acids is 1. The van der Waals surface area contributed by atoms with Crippen molar-refractivity contribution in [2.75, 3.05) is 6.54 Å². The summed E-state index contributed by atoms with van der Waals surface area (Å²) in [5.74, 6) is 0.0477. The summed E-state index contributed by atoms with van der Waals surface area (Å²) in [4.78, 5) is 11.9. The Kier molecular flexibility index (Phi) is 2.97. The lowest BCUT2D eigenvalue weighted by molar-refractivity contribution is 0.0923. The van der Waals surface area contributed by atoms with E-state index >= 15 is 0 Å². The molecule has 0 fully saturated rings. The van der Waals surface area contributed by atoms with Gasteiger partial charge >= 0.3 is 0 Å². The summed E-state index contributed by atoms with van der Waals surface area (Å²) in [7, 11) is 0. The van der Waals surface area contributed by atoms with Crippen molar-refractivity contribution in [3.8, 4) is 0 Å². The summed E-state index contributed by atoms with van der Waals surface area (Å²) >= 11 is 0. The van der Waals surface area contributed by atoms with Crippen LogP contribution in [0.3, 0.4) is 0 Å². The minimum Gasteiger partial charge on any atom is -0.349 e. The average molecular weight is 218 g/mol. The van der Waals surface area contributed by atoms with Gasteiger partial charge in [0.25, 0.3) is 5.91 Å². The standard InChI is InChI=1S/C13H18N2O/c1-8-5-9(2)11-7-10(3-4-14)15-13(16)12(11)6-8/h5-6,10H,3-4,7,14H2,1-2H3,(H,15,16). The summed E-state index contributed by atoms with van der Waals surface area (Å²) in [5, 5.41) is 3.01. The van der Waals surface area contributed by atoms with Crippen molar-refractivity contribution < 1.29 is 4.79 Å². The molecule has 16 heavy (non-hydrogen) atoms. The van der Waals surface area contributed by atoms with Gasteiger partial charge in [-0.1, -0.05) is 11.6 Å². The van der Waals surface area contributed by atoms with Crippen LogP contribution in [-0.4, -0.2) is 18.5 Å². The molecule has 3 N–H and O–H groups in total. The highest BCUT2D eigenvalue weighted by atomic mass is 16.1. The van der Waals surface area contributed by atoms with Crippen molar-refractivity contribution in [2.45, 2.75) is 32.7 Å². The predicted octanol–water partition coefficient (Wildman–Crippen LogP) is 1.31. The Morgan fingerprint density at radius 2 is 2.19 bits per heavy atom. The maximum atomic E-state index is 11.9. The second-order valence-electron chi connectivity index (χ2n) is 4.56. The first-order valence-corrected chi connectivity index (χ1v) is 5.73. The zero-order valence-electron chi connectivity index (χ0n) is 9.84. The minimum atomic E-state index is 0.0477. The molecule has 86 valence electrons. The molecule has 1 aliphatic heterocycles. The van der Waals surface area contributed by atoms with Crippen molar-refractivity contribution in [3.63, 3.8) is 0 Å². The maximum Gasteiger partial charge on any atom is 0.251 e. The van der Waals surface area contributed by atoms with Gasteiger partial charge in [-0.15, -0.1) is 0 Å². The SMILES string of the molecule is Cc1cc(C)c2c(c1)C(=O)NC(CCN)C2. The quantitative estimate of drug-likeness (QED) is 0.786. The number of hydrogen-bond acceptors (Lipinski definition) is 2. The summed E-state index contributed by atoms with van der Waals surface area (Å²) < 4.78 is 0. The van der Waals surface area contributed by atoms with Crippen LogP contribution >= 0.6 is 0 Å². The minimum absolute atomic E-state index is 0.0477. The number of nitrogens with one attached hydrogen (secondary N) is 1. The molecule has 0 aromatic heterocycles. The lowest BCUT2D eigenvalue weighted by atomic mass is 9.89. The molecule has 1 aromatic carbocycles. The van der Waals surface area contributed by atoms with Gasteiger partial charge in [0.15, 0.2) is 0 Å². The molecule has 2 rings (SSSR count). The topological polar surface area (TPSA) is 55.1 Å². The fourth-order valence-electron chi connectivity index (χ4n) is 2.41. The van der Waals surface area contributed by atoms with E-state index in [0.717, 1.165) is 24.0 Å². The van der Waals surface area contributed by atoms with Crippen LogP contribution in [0.4, 0.5) is 0 Å². The molecule has 0 saturated carbocycles. The zero-order chi connectivity index (χ0) is 11.7. The number of nitrogens with two attached hydrogens (primary N) is 1. The summed E-state index contributed by atoms with van der Waals surface area (Å²) in [6, 6.07) is 4.30. The number of carbonyl (C=O) groups is 1. The molecule has 1 aromatic rings. The monoisotopic (exact) mass is 218 g/mol. The van der Waals surface area contributed by atoms with Gasteiger partial charge in [-0.2, -0.15) is 0 Å². The highest BCUT2D eigenvalue weighted by Gasteiger charge is 2.24. The molecular formula is C13H18N2O. The molecule has 3 nitrogen and oxygen atoms in total. The largest absolute Gasteiger partial charge is 0.349 e. The van der Waals surface area contributed by atoms with Gasteiger partial charge < -0.3 is 11.1 Å². The third kappa shape index (κ3) is 1.95. The van der Waals surface area contributed by atoms with Gasteiger partial charge in [0.2, 0.25) is 0 Å². The van der Waals surface area contributed by atoms with Gasteiger partial charge in [-0.25, -0.2) is 0 Å². The van der Waals surface area contributed by atoms with Crippen LogP contribution in [0, 0.1) is 13.8 Å². The number of rotatable bonds is 2. The van der Waals surface area contributed by atoms with Gasteiger partial charge in [0.05, 0.1) is 0 Å². The van der Waals surface area contributed by atoms with Crippen LogP contribution in [0.15, 0.2) is 12.1 Å². The Bertz CT molecular complexity index is 426. The van der Waals surface area contributed by atoms with Crippen molar-refractivity contribution >= 4 is 5.91 Å². The molecule has 1 heterocycles. The number of benzene rings is 1. The van der Waals surface area contributed by atoms with Crippen LogP contribution < -0.4 is 11.1 Å². The Hall–Kier alpha value is -1.35. The van der Waals surface area contributed by atoms with Crippen LogP contribution in [0.25, 0.3) is 0 Å². The molecule has 0 aliphatic carbocycles. The van der Waals surface area contributed by atoms with E-state index in [4.69, 9.17) is 5.73 Å². The number of hydrogen-bond donors (Lipinski definition) is 2. The second-order valence-corrected chi connectivity index (χ2v) is 4.56. The highest BCUT2D eigenvalue weighted by Crippen LogP contribution is 2.23. The number of fused-ring (bicyclic) bond motifs is 1. The third-order valence-corrected chi connectivity index (χ3v) is 3.16. The van der Waals surface area contributed by atoms with Gasteiger partial charge in [0.1, 0.15) is 0 Å². The van der Waals surface area contributed by atoms with Crippen LogP contribution in [0.5, 0.6) is 0 Å². The lowest BCUT2D eigenvalue weighted by Crippen LogP contribution is -2.42. The molecule has 0 spiro atoms. The number of amides is 1. The second kappa shape index (κ2) is 4.26. The highest BCUT2D eigenvalue weighted by molar-refractivity contribution is 5.97. The fourth-order valence-corrected chi connectivity index (χ4v) is 2.41. The predicted molar refractivity (Wildman–Crippen MR) is 64.5 cm³/mol. The van der Waals surface area contributed by atoms with Crippen LogP contribution in [-0.2, 0) is 6.42 Å².